The lowest BCUT2D eigenvalue weighted by molar-refractivity contribution is -0.384. The van der Waals surface area contributed by atoms with Gasteiger partial charge in [0.25, 0.3) is 11.5 Å². The van der Waals surface area contributed by atoms with Crippen LogP contribution in [0.4, 0.5) is 11.5 Å². The zero-order chi connectivity index (χ0) is 16.9. The maximum absolute atomic E-state index is 10.9. The van der Waals surface area contributed by atoms with E-state index in [9.17, 15) is 10.1 Å². The highest BCUT2D eigenvalue weighted by Gasteiger charge is 2.22. The minimum absolute atomic E-state index is 0.0893. The molecule has 7 nitrogen and oxygen atoms in total. The van der Waals surface area contributed by atoms with Crippen LogP contribution < -0.4 is 9.88 Å². The number of rotatable bonds is 4. The highest BCUT2D eigenvalue weighted by Crippen LogP contribution is 2.15. The van der Waals surface area contributed by atoms with Gasteiger partial charge in [0.1, 0.15) is 13.1 Å². The highest BCUT2D eigenvalue weighted by atomic mass is 16.6. The van der Waals surface area contributed by atoms with E-state index in [1.54, 1.807) is 12.1 Å². The minimum Gasteiger partial charge on any atom is -0.289 e. The lowest BCUT2D eigenvalue weighted by Crippen LogP contribution is -2.46. The second-order valence-electron chi connectivity index (χ2n) is 5.68. The van der Waals surface area contributed by atoms with Crippen molar-refractivity contribution in [3.05, 3.63) is 64.3 Å². The molecule has 1 aromatic heterocycles. The van der Waals surface area contributed by atoms with Crippen molar-refractivity contribution in [3.63, 3.8) is 0 Å². The van der Waals surface area contributed by atoms with Crippen molar-refractivity contribution in [2.24, 2.45) is 5.10 Å². The molecule has 0 aliphatic carbocycles. The summed E-state index contributed by atoms with van der Waals surface area (Å²) in [4.78, 5) is 16.0. The van der Waals surface area contributed by atoms with E-state index in [2.05, 4.69) is 21.1 Å². The van der Waals surface area contributed by atoms with Gasteiger partial charge in [-0.25, -0.2) is 4.98 Å². The average Bonchev–Trinajstić information content (AvgIpc) is 2.63. The number of hydrogen-bond acceptors (Lipinski definition) is 5. The van der Waals surface area contributed by atoms with Crippen LogP contribution in [0.2, 0.25) is 0 Å². The molecule has 1 aliphatic rings. The van der Waals surface area contributed by atoms with Crippen LogP contribution in [0, 0.1) is 10.1 Å². The number of aromatic nitrogens is 1. The van der Waals surface area contributed by atoms with E-state index in [0.717, 1.165) is 43.3 Å². The van der Waals surface area contributed by atoms with Crippen molar-refractivity contribution >= 4 is 17.2 Å². The maximum atomic E-state index is 10.9. The van der Waals surface area contributed by atoms with E-state index >= 15 is 0 Å². The first-order valence-corrected chi connectivity index (χ1v) is 7.90. The van der Waals surface area contributed by atoms with Crippen LogP contribution in [0.5, 0.6) is 0 Å². The third-order valence-corrected chi connectivity index (χ3v) is 4.06. The fourth-order valence-electron chi connectivity index (χ4n) is 2.73. The molecule has 0 spiro atoms. The van der Waals surface area contributed by atoms with Crippen LogP contribution >= 0.6 is 0 Å². The van der Waals surface area contributed by atoms with Gasteiger partial charge in [-0.2, -0.15) is 5.10 Å². The molecule has 3 rings (SSSR count). The molecule has 7 heteroatoms. The maximum Gasteiger partial charge on any atom is 0.274 e. The molecule has 1 N–H and O–H groups in total. The Bertz CT molecular complexity index is 740. The predicted octanol–water partition coefficient (Wildman–Crippen LogP) is 1.96. The first-order chi connectivity index (χ1) is 11.6. The summed E-state index contributed by atoms with van der Waals surface area (Å²) in [6, 6.07) is 12.6. The Kier molecular flexibility index (Phi) is 4.69. The third-order valence-electron chi connectivity index (χ3n) is 4.06. The quantitative estimate of drug-likeness (QED) is 0.489. The fourth-order valence-corrected chi connectivity index (χ4v) is 2.73. The molecule has 0 amide bonds. The van der Waals surface area contributed by atoms with E-state index in [-0.39, 0.29) is 10.6 Å². The summed E-state index contributed by atoms with van der Waals surface area (Å²) >= 11 is 0. The van der Waals surface area contributed by atoms with Gasteiger partial charge in [-0.1, -0.05) is 18.2 Å². The van der Waals surface area contributed by atoms with Gasteiger partial charge in [-0.15, -0.1) is 0 Å². The van der Waals surface area contributed by atoms with E-state index < -0.39 is 0 Å². The first kappa shape index (κ1) is 15.9. The zero-order valence-electron chi connectivity index (χ0n) is 13.6. The molecule has 24 heavy (non-hydrogen) atoms. The Labute approximate surface area is 140 Å². The molecule has 0 unspecified atom stereocenters. The number of nitro benzene ring substituents is 1. The predicted molar refractivity (Wildman–Crippen MR) is 92.1 cm³/mol. The fraction of sp³-hybridized carbons (Fsp3) is 0.294. The summed E-state index contributed by atoms with van der Waals surface area (Å²) in [6.45, 7) is 5.28. The Morgan fingerprint density at radius 2 is 1.96 bits per heavy atom. The van der Waals surface area contributed by atoms with Crippen LogP contribution in [0.25, 0.3) is 0 Å². The van der Waals surface area contributed by atoms with Crippen molar-refractivity contribution < 1.29 is 9.91 Å². The minimum atomic E-state index is -0.383. The van der Waals surface area contributed by atoms with Gasteiger partial charge >= 0.3 is 0 Å². The molecule has 1 aromatic carbocycles. The molecule has 0 bridgehead atoms. The summed E-state index contributed by atoms with van der Waals surface area (Å²) in [5.74, 6) is 1.11. The normalized spacial score (nSPS) is 15.5. The topological polar surface area (TPSA) is 76.1 Å². The Morgan fingerprint density at radius 3 is 2.62 bits per heavy atom. The van der Waals surface area contributed by atoms with E-state index in [1.807, 2.05) is 36.3 Å². The second kappa shape index (κ2) is 7.08. The van der Waals surface area contributed by atoms with Crippen LogP contribution in [0.15, 0.2) is 53.8 Å². The number of nitrogens with one attached hydrogen (secondary N) is 1. The first-order valence-electron chi connectivity index (χ1n) is 7.90. The van der Waals surface area contributed by atoms with Gasteiger partial charge in [0.05, 0.1) is 29.9 Å². The monoisotopic (exact) mass is 326 g/mol. The number of non-ortho nitro benzene ring substituents is 1. The number of hydrogen-bond donors (Lipinski definition) is 0. The number of anilines is 1. The molecule has 1 aliphatic heterocycles. The number of nitrogens with zero attached hydrogens (tertiary/aromatic N) is 4. The Balaban J connectivity index is 1.65. The van der Waals surface area contributed by atoms with Crippen LogP contribution in [0.3, 0.4) is 0 Å². The SMILES string of the molecule is C/C(=N\N1CCN(c2cccc[nH+]2)CC1)c1cccc([N+](=O)[O-])c1. The molecule has 1 saturated heterocycles. The van der Waals surface area contributed by atoms with E-state index in [1.165, 1.54) is 6.07 Å². The summed E-state index contributed by atoms with van der Waals surface area (Å²) in [7, 11) is 0. The Morgan fingerprint density at radius 1 is 1.17 bits per heavy atom. The molecule has 0 saturated carbocycles. The number of nitro groups is 1. The molecule has 0 atom stereocenters. The van der Waals surface area contributed by atoms with Gasteiger partial charge in [0, 0.05) is 23.8 Å². The number of H-pyrrole nitrogens is 1. The van der Waals surface area contributed by atoms with E-state index in [0.29, 0.717) is 0 Å². The van der Waals surface area contributed by atoms with Crippen molar-refractivity contribution in [2.45, 2.75) is 6.92 Å². The molecule has 1 fully saturated rings. The van der Waals surface area contributed by atoms with Gasteiger partial charge in [-0.3, -0.25) is 20.0 Å². The summed E-state index contributed by atoms with van der Waals surface area (Å²) in [5, 5.41) is 17.5. The van der Waals surface area contributed by atoms with Crippen LogP contribution in [0.1, 0.15) is 12.5 Å². The largest absolute Gasteiger partial charge is 0.289 e. The standard InChI is InChI=1S/C17H19N5O2/c1-14(15-5-4-6-16(13-15)22(23)24)19-21-11-9-20(10-12-21)17-7-2-3-8-18-17/h2-8,13H,9-12H2,1H3/p+1/b19-14+. The molecule has 0 radical (unpaired) electrons. The summed E-state index contributed by atoms with van der Waals surface area (Å²) in [6.07, 6.45) is 1.92. The molecule has 124 valence electrons. The lowest BCUT2D eigenvalue weighted by Gasteiger charge is -2.29. The van der Waals surface area contributed by atoms with E-state index in [4.69, 9.17) is 0 Å². The van der Waals surface area contributed by atoms with Gasteiger partial charge in [0.15, 0.2) is 0 Å². The number of hydrazone groups is 1. The molecule has 2 heterocycles. The second-order valence-corrected chi connectivity index (χ2v) is 5.68. The lowest BCUT2D eigenvalue weighted by atomic mass is 10.1. The van der Waals surface area contributed by atoms with Crippen molar-refractivity contribution in [3.8, 4) is 0 Å². The molecular weight excluding hydrogens is 306 g/mol. The van der Waals surface area contributed by atoms with Crippen molar-refractivity contribution in [2.75, 3.05) is 31.1 Å². The summed E-state index contributed by atoms with van der Waals surface area (Å²) in [5.41, 5.74) is 1.66. The molecule has 2 aromatic rings. The van der Waals surface area contributed by atoms with Crippen LogP contribution in [-0.2, 0) is 0 Å². The smallest absolute Gasteiger partial charge is 0.274 e. The van der Waals surface area contributed by atoms with Gasteiger partial charge in [0.2, 0.25) is 0 Å². The molecular formula is C17H20N5O2+. The van der Waals surface area contributed by atoms with Gasteiger partial charge < -0.3 is 0 Å². The third kappa shape index (κ3) is 3.68. The number of piperazine rings is 1. The van der Waals surface area contributed by atoms with Crippen LogP contribution in [-0.4, -0.2) is 41.8 Å². The number of pyridine rings is 1. The number of aromatic amines is 1. The van der Waals surface area contributed by atoms with Gasteiger partial charge in [-0.05, 0) is 13.0 Å². The summed E-state index contributed by atoms with van der Waals surface area (Å²) < 4.78 is 0. The van der Waals surface area contributed by atoms with Crippen molar-refractivity contribution in [1.29, 1.82) is 0 Å². The van der Waals surface area contributed by atoms with Crippen molar-refractivity contribution in [1.82, 2.24) is 5.01 Å². The number of benzene rings is 1. The zero-order valence-corrected chi connectivity index (χ0v) is 13.6. The highest BCUT2D eigenvalue weighted by molar-refractivity contribution is 5.99. The average molecular weight is 326 g/mol. The Hall–Kier alpha value is -2.96.